The number of fused-ring (bicyclic) bond motifs is 5. The number of carbonyl (C=O) groups excluding carboxylic acids is 3. The number of hydrogen-bond acceptors (Lipinski definition) is 10. The van der Waals surface area contributed by atoms with Crippen LogP contribution < -0.4 is 14.8 Å². The number of likely N-dealkylation sites (tertiary alicyclic amines) is 2. The third-order valence-electron chi connectivity index (χ3n) is 14.1. The summed E-state index contributed by atoms with van der Waals surface area (Å²) in [5.41, 5.74) is 8.79. The molecule has 3 fully saturated rings. The van der Waals surface area contributed by atoms with Gasteiger partial charge in [0.15, 0.2) is 6.73 Å². The molecule has 6 aromatic rings. The second-order valence-electron chi connectivity index (χ2n) is 19.4. The van der Waals surface area contributed by atoms with Crippen LogP contribution in [0.5, 0.6) is 11.5 Å². The van der Waals surface area contributed by atoms with E-state index >= 15 is 0 Å². The first-order chi connectivity index (χ1) is 33.5. The average Bonchev–Trinajstić information content (AvgIpc) is 4.22. The number of aromatic nitrogens is 5. The summed E-state index contributed by atoms with van der Waals surface area (Å²) < 4.78 is 25.5. The lowest BCUT2D eigenvalue weighted by Crippen LogP contribution is -2.51. The Balaban J connectivity index is 0.975. The monoisotopic (exact) mass is 937 g/mol. The number of methoxy groups -OCH3 is 1. The van der Waals surface area contributed by atoms with Crippen molar-refractivity contribution < 1.29 is 33.3 Å². The molecule has 3 unspecified atom stereocenters. The van der Waals surface area contributed by atoms with Crippen molar-refractivity contribution in [3.63, 3.8) is 0 Å². The third-order valence-corrected chi connectivity index (χ3v) is 14.1. The van der Waals surface area contributed by atoms with Gasteiger partial charge in [0, 0.05) is 66.8 Å². The van der Waals surface area contributed by atoms with Crippen LogP contribution in [0.1, 0.15) is 83.5 Å². The number of morpholine rings is 1. The SMILES string of the molecule is COC(=O)NC(C(=O)N1CCCC1c1ncc(-c2ccc3c(c2)c(-c2ccc(OCCN4CCOCC4)cc2)c2n3COc3cc(-c4cnc(C5CCCN5C(=O)CC(C)C)[nH]4)ccc3-2)[nH]1)C(C)C. The van der Waals surface area contributed by atoms with Gasteiger partial charge < -0.3 is 48.6 Å². The van der Waals surface area contributed by atoms with Crippen LogP contribution in [-0.2, 0) is 25.8 Å². The van der Waals surface area contributed by atoms with Gasteiger partial charge in [0.1, 0.15) is 35.8 Å². The maximum Gasteiger partial charge on any atom is 0.407 e. The molecule has 4 aliphatic rings. The standard InChI is InChI=1S/C53H63N9O7/c1-32(2)26-46(63)60-18-6-8-43(60)50-54-30-41(57-50)36-12-16-38-45(28-36)69-31-62-42-17-13-35(40-29-55-51(56-40)44-9-7-19-61(44)52(64)48(33(3)4)58-53(65)66-5)27-39(42)47(49(38)62)34-10-14-37(15-11-34)68-25-22-59-20-23-67-24-21-59/h10-17,27-30,32-33,43-44,48H,6-9,18-26,31H2,1-5H3,(H,54,57)(H,55,56)(H,58,65). The molecule has 0 aliphatic carbocycles. The summed E-state index contributed by atoms with van der Waals surface area (Å²) in [5.74, 6) is 3.31. The van der Waals surface area contributed by atoms with Gasteiger partial charge >= 0.3 is 6.09 Å². The topological polar surface area (TPSA) is 172 Å². The number of benzene rings is 3. The minimum atomic E-state index is -0.718. The maximum atomic E-state index is 13.9. The van der Waals surface area contributed by atoms with Crippen LogP contribution in [-0.4, -0.2) is 123 Å². The lowest BCUT2D eigenvalue weighted by Gasteiger charge is -2.30. The Bertz CT molecular complexity index is 2820. The van der Waals surface area contributed by atoms with E-state index in [0.29, 0.717) is 38.0 Å². The molecule has 3 atom stereocenters. The maximum absolute atomic E-state index is 13.9. The van der Waals surface area contributed by atoms with E-state index < -0.39 is 12.1 Å². The van der Waals surface area contributed by atoms with Gasteiger partial charge in [0.05, 0.1) is 67.4 Å². The molecule has 362 valence electrons. The van der Waals surface area contributed by atoms with Gasteiger partial charge in [-0.2, -0.15) is 0 Å². The molecule has 69 heavy (non-hydrogen) atoms. The molecule has 3 amide bonds. The van der Waals surface area contributed by atoms with Gasteiger partial charge in [0.2, 0.25) is 11.8 Å². The lowest BCUT2D eigenvalue weighted by molar-refractivity contribution is -0.135. The zero-order valence-corrected chi connectivity index (χ0v) is 40.3. The van der Waals surface area contributed by atoms with Crippen LogP contribution in [0.25, 0.3) is 55.8 Å². The van der Waals surface area contributed by atoms with Crippen molar-refractivity contribution in [1.82, 2.24) is 44.5 Å². The molecule has 16 nitrogen and oxygen atoms in total. The predicted molar refractivity (Wildman–Crippen MR) is 262 cm³/mol. The summed E-state index contributed by atoms with van der Waals surface area (Å²) in [5, 5.41) is 3.79. The average molecular weight is 938 g/mol. The van der Waals surface area contributed by atoms with E-state index in [2.05, 4.69) is 99.3 Å². The summed E-state index contributed by atoms with van der Waals surface area (Å²) in [4.78, 5) is 62.2. The number of carbonyl (C=O) groups is 3. The van der Waals surface area contributed by atoms with Crippen LogP contribution in [0, 0.1) is 11.8 Å². The van der Waals surface area contributed by atoms with Crippen molar-refractivity contribution in [1.29, 1.82) is 0 Å². The van der Waals surface area contributed by atoms with Gasteiger partial charge in [-0.3, -0.25) is 14.5 Å². The summed E-state index contributed by atoms with van der Waals surface area (Å²) in [6, 6.07) is 20.1. The Morgan fingerprint density at radius 2 is 1.46 bits per heavy atom. The van der Waals surface area contributed by atoms with E-state index in [9.17, 15) is 14.4 Å². The Kier molecular flexibility index (Phi) is 13.2. The van der Waals surface area contributed by atoms with Gasteiger partial charge in [-0.1, -0.05) is 52.0 Å². The number of amides is 3. The van der Waals surface area contributed by atoms with E-state index in [1.807, 2.05) is 36.0 Å². The summed E-state index contributed by atoms with van der Waals surface area (Å²) >= 11 is 0. The highest BCUT2D eigenvalue weighted by Gasteiger charge is 2.38. The molecule has 3 N–H and O–H groups in total. The largest absolute Gasteiger partial charge is 0.492 e. The van der Waals surface area contributed by atoms with Gasteiger partial charge in [-0.05, 0) is 79.5 Å². The molecule has 3 aromatic heterocycles. The van der Waals surface area contributed by atoms with E-state index in [4.69, 9.17) is 28.9 Å². The number of imidazole rings is 2. The van der Waals surface area contributed by atoms with Crippen molar-refractivity contribution in [2.75, 3.05) is 59.7 Å². The first kappa shape index (κ1) is 46.1. The second-order valence-corrected chi connectivity index (χ2v) is 19.4. The quantitative estimate of drug-likeness (QED) is 0.0961. The number of aromatic amines is 2. The molecule has 7 heterocycles. The molecule has 10 rings (SSSR count). The van der Waals surface area contributed by atoms with Crippen LogP contribution >= 0.6 is 0 Å². The number of ether oxygens (including phenoxy) is 4. The zero-order chi connectivity index (χ0) is 47.8. The molecule has 0 spiro atoms. The fourth-order valence-corrected chi connectivity index (χ4v) is 10.5. The molecular weight excluding hydrogens is 875 g/mol. The molecular formula is C53H63N9O7. The molecule has 3 aromatic carbocycles. The first-order valence-electron chi connectivity index (χ1n) is 24.6. The minimum absolute atomic E-state index is 0.0575. The second kappa shape index (κ2) is 19.8. The lowest BCUT2D eigenvalue weighted by atomic mass is 9.95. The van der Waals surface area contributed by atoms with Crippen molar-refractivity contribution in [2.45, 2.75) is 84.7 Å². The molecule has 0 radical (unpaired) electrons. The zero-order valence-electron chi connectivity index (χ0n) is 40.3. The fourth-order valence-electron chi connectivity index (χ4n) is 10.5. The molecule has 0 saturated carbocycles. The van der Waals surface area contributed by atoms with Crippen LogP contribution in [0.3, 0.4) is 0 Å². The number of hydrogen-bond donors (Lipinski definition) is 3. The third kappa shape index (κ3) is 9.31. The van der Waals surface area contributed by atoms with E-state index in [1.54, 1.807) is 0 Å². The van der Waals surface area contributed by atoms with E-state index in [1.165, 1.54) is 7.11 Å². The van der Waals surface area contributed by atoms with Gasteiger partial charge in [-0.15, -0.1) is 0 Å². The Morgan fingerprint density at radius 1 is 0.812 bits per heavy atom. The van der Waals surface area contributed by atoms with Crippen LogP contribution in [0.15, 0.2) is 73.1 Å². The highest BCUT2D eigenvalue weighted by molar-refractivity contribution is 6.07. The Morgan fingerprint density at radius 3 is 2.14 bits per heavy atom. The normalized spacial score (nSPS) is 18.7. The van der Waals surface area contributed by atoms with Crippen LogP contribution in [0.4, 0.5) is 4.79 Å². The van der Waals surface area contributed by atoms with Crippen molar-refractivity contribution >= 4 is 28.8 Å². The van der Waals surface area contributed by atoms with Crippen molar-refractivity contribution in [3.05, 3.63) is 84.7 Å². The number of nitrogens with one attached hydrogen (secondary N) is 3. The highest BCUT2D eigenvalue weighted by Crippen LogP contribution is 2.48. The number of H-pyrrole nitrogens is 2. The van der Waals surface area contributed by atoms with E-state index in [-0.39, 0.29) is 29.8 Å². The first-order valence-corrected chi connectivity index (χ1v) is 24.6. The Hall–Kier alpha value is -6.65. The van der Waals surface area contributed by atoms with Crippen molar-refractivity contribution in [2.24, 2.45) is 11.8 Å². The predicted octanol–water partition coefficient (Wildman–Crippen LogP) is 8.57. The fraction of sp³-hybridized carbons (Fsp3) is 0.453. The number of nitrogens with zero attached hydrogens (tertiary/aromatic N) is 6. The summed E-state index contributed by atoms with van der Waals surface area (Å²) in [6.07, 6.45) is 7.04. The number of alkyl carbamates (subject to hydrolysis) is 1. The minimum Gasteiger partial charge on any atom is -0.492 e. The van der Waals surface area contributed by atoms with Crippen molar-refractivity contribution in [3.8, 4) is 56.4 Å². The molecule has 3 saturated heterocycles. The van der Waals surface area contributed by atoms with Gasteiger partial charge in [0.25, 0.3) is 0 Å². The molecule has 0 bridgehead atoms. The smallest absolute Gasteiger partial charge is 0.407 e. The number of rotatable bonds is 14. The molecule has 16 heteroatoms. The van der Waals surface area contributed by atoms with Crippen LogP contribution in [0.2, 0.25) is 0 Å². The molecule has 4 aliphatic heterocycles. The summed E-state index contributed by atoms with van der Waals surface area (Å²) in [6.45, 7) is 14.4. The van der Waals surface area contributed by atoms with Gasteiger partial charge in [-0.25, -0.2) is 14.8 Å². The Labute approximate surface area is 402 Å². The summed E-state index contributed by atoms with van der Waals surface area (Å²) in [7, 11) is 1.30. The van der Waals surface area contributed by atoms with E-state index in [0.717, 1.165) is 138 Å². The highest BCUT2D eigenvalue weighted by atomic mass is 16.5.